The van der Waals surface area contributed by atoms with Crippen LogP contribution in [-0.4, -0.2) is 30.9 Å². The zero-order valence-electron chi connectivity index (χ0n) is 17.5. The Hall–Kier alpha value is -2.35. The van der Waals surface area contributed by atoms with E-state index in [-0.39, 0.29) is 5.41 Å². The highest BCUT2D eigenvalue weighted by Gasteiger charge is 2.42. The fourth-order valence-corrected chi connectivity index (χ4v) is 4.04. The first-order chi connectivity index (χ1) is 12.9. The van der Waals surface area contributed by atoms with Gasteiger partial charge in [0.05, 0.1) is 5.41 Å². The van der Waals surface area contributed by atoms with E-state index in [1.807, 2.05) is 0 Å². The van der Waals surface area contributed by atoms with Gasteiger partial charge in [-0.15, -0.1) is 0 Å². The second kappa shape index (κ2) is 8.12. The molecule has 1 aliphatic heterocycles. The molecule has 2 heteroatoms. The maximum atomic E-state index is 2.35. The van der Waals surface area contributed by atoms with Crippen LogP contribution in [0.2, 0.25) is 0 Å². The molecule has 0 aromatic heterocycles. The number of fused-ring (bicyclic) bond motifs is 1. The number of allylic oxidation sites excluding steroid dienone is 1. The molecule has 2 aromatic carbocycles. The van der Waals surface area contributed by atoms with Crippen molar-refractivity contribution in [2.45, 2.75) is 45.4 Å². The standard InChI is InChI=1S/C25H33N2/c1-6-7-10-19-26(4)21-16-13-20(14-17-21)15-18-24-25(2,3)22-11-8-9-12-23(22)27(24)5/h8-9,11-18H,6-7,10,19H2,1-5H3/q+1. The topological polar surface area (TPSA) is 6.25 Å². The molecule has 1 aliphatic rings. The zero-order chi connectivity index (χ0) is 19.4. The fraction of sp³-hybridized carbons (Fsp3) is 0.400. The van der Waals surface area contributed by atoms with Gasteiger partial charge in [0, 0.05) is 37.0 Å². The molecule has 0 bridgehead atoms. The van der Waals surface area contributed by atoms with Gasteiger partial charge in [-0.25, -0.2) is 0 Å². The van der Waals surface area contributed by atoms with E-state index >= 15 is 0 Å². The van der Waals surface area contributed by atoms with Crippen molar-refractivity contribution >= 4 is 23.2 Å². The third-order valence-corrected chi connectivity index (χ3v) is 5.81. The summed E-state index contributed by atoms with van der Waals surface area (Å²) >= 11 is 0. The van der Waals surface area contributed by atoms with Gasteiger partial charge < -0.3 is 4.90 Å². The number of hydrogen-bond acceptors (Lipinski definition) is 1. The molecule has 0 aliphatic carbocycles. The van der Waals surface area contributed by atoms with E-state index in [0.29, 0.717) is 0 Å². The Morgan fingerprint density at radius 1 is 0.963 bits per heavy atom. The highest BCUT2D eigenvalue weighted by Crippen LogP contribution is 2.39. The summed E-state index contributed by atoms with van der Waals surface area (Å²) in [5.41, 5.74) is 6.61. The quantitative estimate of drug-likeness (QED) is 0.431. The second-order valence-corrected chi connectivity index (χ2v) is 8.14. The van der Waals surface area contributed by atoms with Crippen LogP contribution in [0.4, 0.5) is 11.4 Å². The highest BCUT2D eigenvalue weighted by molar-refractivity contribution is 6.05. The first kappa shape index (κ1) is 19.4. The smallest absolute Gasteiger partial charge is 0.209 e. The van der Waals surface area contributed by atoms with Crippen molar-refractivity contribution in [3.8, 4) is 0 Å². The van der Waals surface area contributed by atoms with Crippen molar-refractivity contribution in [3.05, 3.63) is 65.7 Å². The molecule has 0 N–H and O–H groups in total. The maximum Gasteiger partial charge on any atom is 0.209 e. The maximum absolute atomic E-state index is 2.35. The Kier molecular flexibility index (Phi) is 5.84. The average molecular weight is 362 g/mol. The normalized spacial score (nSPS) is 15.4. The molecule has 27 heavy (non-hydrogen) atoms. The van der Waals surface area contributed by atoms with Gasteiger partial charge in [0.15, 0.2) is 5.71 Å². The number of unbranched alkanes of at least 4 members (excludes halogenated alkanes) is 2. The molecule has 0 radical (unpaired) electrons. The van der Waals surface area contributed by atoms with E-state index < -0.39 is 0 Å². The molecule has 1 heterocycles. The molecule has 0 saturated heterocycles. The number of hydrogen-bond donors (Lipinski definition) is 0. The van der Waals surface area contributed by atoms with Crippen LogP contribution < -0.4 is 4.90 Å². The molecule has 2 aromatic rings. The number of rotatable bonds is 7. The van der Waals surface area contributed by atoms with Crippen LogP contribution in [0.1, 0.15) is 51.2 Å². The van der Waals surface area contributed by atoms with Gasteiger partial charge >= 0.3 is 0 Å². The molecule has 0 saturated carbocycles. The molecular formula is C25H33N2+. The average Bonchev–Trinajstić information content (AvgIpc) is 2.87. The molecular weight excluding hydrogens is 328 g/mol. The summed E-state index contributed by atoms with van der Waals surface area (Å²) < 4.78 is 2.32. The second-order valence-electron chi connectivity index (χ2n) is 8.14. The number of para-hydroxylation sites is 1. The lowest BCUT2D eigenvalue weighted by molar-refractivity contribution is -0.401. The van der Waals surface area contributed by atoms with Crippen molar-refractivity contribution in [2.75, 3.05) is 25.5 Å². The van der Waals surface area contributed by atoms with Gasteiger partial charge in [0.1, 0.15) is 7.05 Å². The summed E-state index contributed by atoms with van der Waals surface area (Å²) in [6.07, 6.45) is 8.34. The molecule has 0 amide bonds. The van der Waals surface area contributed by atoms with Crippen LogP contribution in [0.15, 0.2) is 54.6 Å². The van der Waals surface area contributed by atoms with Crippen molar-refractivity contribution in [3.63, 3.8) is 0 Å². The molecule has 0 atom stereocenters. The van der Waals surface area contributed by atoms with Gasteiger partial charge in [0.2, 0.25) is 5.69 Å². The highest BCUT2D eigenvalue weighted by atomic mass is 15.1. The Morgan fingerprint density at radius 3 is 2.33 bits per heavy atom. The Morgan fingerprint density at radius 2 is 1.67 bits per heavy atom. The van der Waals surface area contributed by atoms with E-state index in [4.69, 9.17) is 0 Å². The van der Waals surface area contributed by atoms with Gasteiger partial charge in [-0.2, -0.15) is 4.58 Å². The summed E-state index contributed by atoms with van der Waals surface area (Å²) in [6.45, 7) is 7.99. The minimum Gasteiger partial charge on any atom is -0.375 e. The Balaban J connectivity index is 1.74. The van der Waals surface area contributed by atoms with Crippen molar-refractivity contribution in [1.82, 2.24) is 0 Å². The molecule has 0 fully saturated rings. The van der Waals surface area contributed by atoms with Crippen LogP contribution >= 0.6 is 0 Å². The minimum atomic E-state index is 0.0290. The van der Waals surface area contributed by atoms with E-state index in [1.54, 1.807) is 0 Å². The Labute approximate surface area is 164 Å². The minimum absolute atomic E-state index is 0.0290. The summed E-state index contributed by atoms with van der Waals surface area (Å²) in [6, 6.07) is 17.6. The van der Waals surface area contributed by atoms with E-state index in [0.717, 1.165) is 6.54 Å². The predicted octanol–water partition coefficient (Wildman–Crippen LogP) is 6.03. The lowest BCUT2D eigenvalue weighted by Gasteiger charge is -2.19. The third kappa shape index (κ3) is 4.00. The zero-order valence-corrected chi connectivity index (χ0v) is 17.5. The third-order valence-electron chi connectivity index (χ3n) is 5.81. The van der Waals surface area contributed by atoms with E-state index in [1.165, 1.54) is 47.5 Å². The number of anilines is 1. The van der Waals surface area contributed by atoms with Crippen molar-refractivity contribution in [2.24, 2.45) is 0 Å². The summed E-state index contributed by atoms with van der Waals surface area (Å²) in [4.78, 5) is 2.35. The number of nitrogens with zero attached hydrogens (tertiary/aromatic N) is 2. The molecule has 0 spiro atoms. The predicted molar refractivity (Wildman–Crippen MR) is 119 cm³/mol. The summed E-state index contributed by atoms with van der Waals surface area (Å²) in [5.74, 6) is 0. The van der Waals surface area contributed by atoms with Gasteiger partial charge in [-0.05, 0) is 44.0 Å². The largest absolute Gasteiger partial charge is 0.375 e. The summed E-state index contributed by atoms with van der Waals surface area (Å²) in [5, 5.41) is 0. The first-order valence-corrected chi connectivity index (χ1v) is 10.1. The van der Waals surface area contributed by atoms with Crippen molar-refractivity contribution in [1.29, 1.82) is 0 Å². The van der Waals surface area contributed by atoms with Crippen LogP contribution in [0.5, 0.6) is 0 Å². The number of benzene rings is 2. The lowest BCUT2D eigenvalue weighted by atomic mass is 9.81. The Bertz CT molecular complexity index is 841. The fourth-order valence-electron chi connectivity index (χ4n) is 4.04. The van der Waals surface area contributed by atoms with Gasteiger partial charge in [-0.1, -0.05) is 50.1 Å². The summed E-state index contributed by atoms with van der Waals surface area (Å²) in [7, 11) is 4.35. The first-order valence-electron chi connectivity index (χ1n) is 10.1. The lowest BCUT2D eigenvalue weighted by Crippen LogP contribution is -2.26. The molecule has 0 unspecified atom stereocenters. The van der Waals surface area contributed by atoms with E-state index in [2.05, 4.69) is 105 Å². The van der Waals surface area contributed by atoms with Crippen LogP contribution in [0.25, 0.3) is 6.08 Å². The monoisotopic (exact) mass is 361 g/mol. The molecule has 2 nitrogen and oxygen atoms in total. The van der Waals surface area contributed by atoms with E-state index in [9.17, 15) is 0 Å². The van der Waals surface area contributed by atoms with Gasteiger partial charge in [0.25, 0.3) is 0 Å². The van der Waals surface area contributed by atoms with Gasteiger partial charge in [-0.3, -0.25) is 0 Å². The van der Waals surface area contributed by atoms with Crippen molar-refractivity contribution < 1.29 is 4.58 Å². The molecule has 3 rings (SSSR count). The van der Waals surface area contributed by atoms with Crippen LogP contribution in [0.3, 0.4) is 0 Å². The van der Waals surface area contributed by atoms with Crippen LogP contribution in [0, 0.1) is 0 Å². The van der Waals surface area contributed by atoms with Crippen LogP contribution in [-0.2, 0) is 5.41 Å². The molecule has 142 valence electrons. The SMILES string of the molecule is CCCCCN(C)c1ccc(/C=C/C2=[N+](C)c3ccccc3C2(C)C)cc1.